The molecule has 27 heavy (non-hydrogen) atoms. The van der Waals surface area contributed by atoms with Gasteiger partial charge in [-0.3, -0.25) is 24.4 Å². The van der Waals surface area contributed by atoms with Gasteiger partial charge in [0.15, 0.2) is 6.10 Å². The standard InChI is InChI=1S/C18H22N4O5/c1-5-20(15-9-7-6-8-10-15)18(24)14(4)27-16(23)11-21-13(3)17(22(25)26)12(2)19-21/h6-10,14H,5,11H2,1-4H3/t14-/m0/s1. The summed E-state index contributed by atoms with van der Waals surface area (Å²) < 4.78 is 6.43. The predicted molar refractivity (Wildman–Crippen MR) is 98.4 cm³/mol. The number of ether oxygens (including phenoxy) is 1. The summed E-state index contributed by atoms with van der Waals surface area (Å²) in [5, 5.41) is 15.0. The lowest BCUT2D eigenvalue weighted by molar-refractivity contribution is -0.386. The lowest BCUT2D eigenvalue weighted by Gasteiger charge is -2.24. The molecule has 1 heterocycles. The van der Waals surface area contributed by atoms with E-state index in [2.05, 4.69) is 5.10 Å². The van der Waals surface area contributed by atoms with Crippen LogP contribution in [0.25, 0.3) is 0 Å². The van der Waals surface area contributed by atoms with Crippen molar-refractivity contribution in [1.82, 2.24) is 9.78 Å². The van der Waals surface area contributed by atoms with Crippen LogP contribution < -0.4 is 4.90 Å². The number of esters is 1. The second-order valence-corrected chi connectivity index (χ2v) is 5.98. The molecule has 0 spiro atoms. The molecule has 0 unspecified atom stereocenters. The minimum atomic E-state index is -0.996. The van der Waals surface area contributed by atoms with Crippen LogP contribution in [0.15, 0.2) is 30.3 Å². The summed E-state index contributed by atoms with van der Waals surface area (Å²) in [5.41, 5.74) is 1.05. The zero-order valence-corrected chi connectivity index (χ0v) is 15.7. The second kappa shape index (κ2) is 8.43. The van der Waals surface area contributed by atoms with Crippen molar-refractivity contribution < 1.29 is 19.2 Å². The predicted octanol–water partition coefficient (Wildman–Crippen LogP) is 2.39. The van der Waals surface area contributed by atoms with E-state index in [4.69, 9.17) is 4.74 Å². The highest BCUT2D eigenvalue weighted by Gasteiger charge is 2.26. The van der Waals surface area contributed by atoms with Gasteiger partial charge in [-0.15, -0.1) is 0 Å². The average molecular weight is 374 g/mol. The molecule has 2 rings (SSSR count). The monoisotopic (exact) mass is 374 g/mol. The van der Waals surface area contributed by atoms with Gasteiger partial charge in [-0.1, -0.05) is 18.2 Å². The highest BCUT2D eigenvalue weighted by atomic mass is 16.6. The third-order valence-electron chi connectivity index (χ3n) is 4.11. The Kier molecular flexibility index (Phi) is 6.27. The Labute approximate surface area is 156 Å². The van der Waals surface area contributed by atoms with Gasteiger partial charge < -0.3 is 9.64 Å². The molecule has 0 N–H and O–H groups in total. The Morgan fingerprint density at radius 1 is 1.30 bits per heavy atom. The molecule has 9 heteroatoms. The Morgan fingerprint density at radius 2 is 1.93 bits per heavy atom. The number of amides is 1. The molecule has 1 aromatic carbocycles. The van der Waals surface area contributed by atoms with E-state index in [1.165, 1.54) is 30.4 Å². The summed E-state index contributed by atoms with van der Waals surface area (Å²) in [6, 6.07) is 9.07. The molecule has 144 valence electrons. The van der Waals surface area contributed by atoms with Crippen LogP contribution in [0.1, 0.15) is 25.2 Å². The van der Waals surface area contributed by atoms with Crippen LogP contribution in [-0.2, 0) is 20.9 Å². The number of carbonyl (C=O) groups is 2. The molecule has 1 aromatic heterocycles. The van der Waals surface area contributed by atoms with E-state index in [1.807, 2.05) is 25.1 Å². The minimum Gasteiger partial charge on any atom is -0.451 e. The second-order valence-electron chi connectivity index (χ2n) is 5.98. The maximum atomic E-state index is 12.6. The van der Waals surface area contributed by atoms with Crippen molar-refractivity contribution in [3.05, 3.63) is 51.8 Å². The molecule has 2 aromatic rings. The number of carbonyl (C=O) groups excluding carboxylic acids is 2. The van der Waals surface area contributed by atoms with Gasteiger partial charge >= 0.3 is 11.7 Å². The summed E-state index contributed by atoms with van der Waals surface area (Å²) in [4.78, 5) is 36.8. The van der Waals surface area contributed by atoms with Gasteiger partial charge in [0.2, 0.25) is 0 Å². The zero-order chi connectivity index (χ0) is 20.1. The van der Waals surface area contributed by atoms with Gasteiger partial charge in [0.05, 0.1) is 4.92 Å². The number of rotatable bonds is 7. The number of nitro groups is 1. The van der Waals surface area contributed by atoms with Crippen LogP contribution in [0.3, 0.4) is 0 Å². The van der Waals surface area contributed by atoms with Crippen molar-refractivity contribution in [3.8, 4) is 0 Å². The lowest BCUT2D eigenvalue weighted by atomic mass is 10.2. The third-order valence-corrected chi connectivity index (χ3v) is 4.11. The fourth-order valence-electron chi connectivity index (χ4n) is 2.81. The Hall–Kier alpha value is -3.23. The molecule has 0 fully saturated rings. The quantitative estimate of drug-likeness (QED) is 0.418. The Morgan fingerprint density at radius 3 is 2.44 bits per heavy atom. The van der Waals surface area contributed by atoms with Crippen molar-refractivity contribution in [1.29, 1.82) is 0 Å². The summed E-state index contributed by atoms with van der Waals surface area (Å²) in [6.07, 6.45) is -0.996. The number of anilines is 1. The summed E-state index contributed by atoms with van der Waals surface area (Å²) in [5.74, 6) is -1.04. The maximum Gasteiger partial charge on any atom is 0.328 e. The lowest BCUT2D eigenvalue weighted by Crippen LogP contribution is -2.40. The van der Waals surface area contributed by atoms with E-state index >= 15 is 0 Å². The van der Waals surface area contributed by atoms with Crippen LogP contribution in [0.2, 0.25) is 0 Å². The van der Waals surface area contributed by atoms with Gasteiger partial charge in [0.25, 0.3) is 5.91 Å². The van der Waals surface area contributed by atoms with Crippen molar-refractivity contribution in [2.24, 2.45) is 0 Å². The molecule has 9 nitrogen and oxygen atoms in total. The Bertz CT molecular complexity index is 847. The van der Waals surface area contributed by atoms with Crippen molar-refractivity contribution >= 4 is 23.3 Å². The van der Waals surface area contributed by atoms with Crippen LogP contribution in [0.4, 0.5) is 11.4 Å². The van der Waals surface area contributed by atoms with Crippen molar-refractivity contribution in [3.63, 3.8) is 0 Å². The van der Waals surface area contributed by atoms with Gasteiger partial charge in [0.1, 0.15) is 17.9 Å². The summed E-state index contributed by atoms with van der Waals surface area (Å²) >= 11 is 0. The van der Waals surface area contributed by atoms with E-state index in [1.54, 1.807) is 12.1 Å². The molecular weight excluding hydrogens is 352 g/mol. The molecule has 0 saturated carbocycles. The topological polar surface area (TPSA) is 108 Å². The number of para-hydroxylation sites is 1. The molecule has 0 aliphatic heterocycles. The van der Waals surface area contributed by atoms with Crippen LogP contribution in [0.5, 0.6) is 0 Å². The van der Waals surface area contributed by atoms with E-state index in [-0.39, 0.29) is 29.5 Å². The van der Waals surface area contributed by atoms with Gasteiger partial charge in [-0.05, 0) is 39.8 Å². The average Bonchev–Trinajstić information content (AvgIpc) is 2.89. The molecule has 1 atom stereocenters. The highest BCUT2D eigenvalue weighted by Crippen LogP contribution is 2.22. The normalized spacial score (nSPS) is 11.7. The number of nitrogens with zero attached hydrogens (tertiary/aromatic N) is 4. The third kappa shape index (κ3) is 4.49. The number of aromatic nitrogens is 2. The number of benzene rings is 1. The molecule has 0 aliphatic carbocycles. The minimum absolute atomic E-state index is 0.131. The number of likely N-dealkylation sites (N-methyl/N-ethyl adjacent to an activating group) is 1. The van der Waals surface area contributed by atoms with E-state index in [0.29, 0.717) is 12.2 Å². The fraction of sp³-hybridized carbons (Fsp3) is 0.389. The molecule has 1 amide bonds. The first-order valence-corrected chi connectivity index (χ1v) is 8.50. The van der Waals surface area contributed by atoms with Crippen LogP contribution in [-0.4, -0.2) is 39.2 Å². The smallest absolute Gasteiger partial charge is 0.328 e. The van der Waals surface area contributed by atoms with Gasteiger partial charge in [0, 0.05) is 12.2 Å². The summed E-state index contributed by atoms with van der Waals surface area (Å²) in [6.45, 7) is 6.44. The van der Waals surface area contributed by atoms with E-state index < -0.39 is 17.0 Å². The Balaban J connectivity index is 2.06. The largest absolute Gasteiger partial charge is 0.451 e. The molecular formula is C18H22N4O5. The summed E-state index contributed by atoms with van der Waals surface area (Å²) in [7, 11) is 0. The number of hydrogen-bond acceptors (Lipinski definition) is 6. The first-order valence-electron chi connectivity index (χ1n) is 8.50. The fourth-order valence-corrected chi connectivity index (χ4v) is 2.81. The highest BCUT2D eigenvalue weighted by molar-refractivity contribution is 5.97. The number of aryl methyl sites for hydroxylation is 1. The van der Waals surface area contributed by atoms with Crippen molar-refractivity contribution in [2.45, 2.75) is 40.3 Å². The zero-order valence-electron chi connectivity index (χ0n) is 15.7. The van der Waals surface area contributed by atoms with Gasteiger partial charge in [-0.2, -0.15) is 5.10 Å². The first-order chi connectivity index (χ1) is 12.8. The maximum absolute atomic E-state index is 12.6. The molecule has 0 radical (unpaired) electrons. The number of hydrogen-bond donors (Lipinski definition) is 0. The van der Waals surface area contributed by atoms with Crippen LogP contribution >= 0.6 is 0 Å². The molecule has 0 saturated heterocycles. The first kappa shape index (κ1) is 20.1. The SMILES string of the molecule is CCN(C(=O)[C@H](C)OC(=O)Cn1nc(C)c([N+](=O)[O-])c1C)c1ccccc1. The van der Waals surface area contributed by atoms with Crippen LogP contribution in [0, 0.1) is 24.0 Å². The molecule has 0 aliphatic rings. The van der Waals surface area contributed by atoms with E-state index in [0.717, 1.165) is 0 Å². The van der Waals surface area contributed by atoms with Crippen molar-refractivity contribution in [2.75, 3.05) is 11.4 Å². The van der Waals surface area contributed by atoms with E-state index in [9.17, 15) is 19.7 Å². The molecule has 0 bridgehead atoms. The van der Waals surface area contributed by atoms with Gasteiger partial charge in [-0.25, -0.2) is 0 Å².